The Hall–Kier alpha value is -1.03. The van der Waals surface area contributed by atoms with E-state index in [0.717, 1.165) is 50.4 Å². The van der Waals surface area contributed by atoms with Gasteiger partial charge in [0.05, 0.1) is 19.8 Å². The lowest BCUT2D eigenvalue weighted by molar-refractivity contribution is -0.161. The Kier molecular flexibility index (Phi) is 29.4. The number of rotatable bonds is 33. The van der Waals surface area contributed by atoms with Gasteiger partial charge in [-0.3, -0.25) is 18.6 Å². The largest absolute Gasteiger partial charge is 0.472 e. The smallest absolute Gasteiger partial charge is 0.462 e. The molecule has 274 valence electrons. The molecule has 10 nitrogen and oxygen atoms in total. The summed E-state index contributed by atoms with van der Waals surface area (Å²) in [4.78, 5) is 34.7. The van der Waals surface area contributed by atoms with Crippen LogP contribution < -0.4 is 0 Å². The van der Waals surface area contributed by atoms with Crippen LogP contribution in [0.1, 0.15) is 163 Å². The summed E-state index contributed by atoms with van der Waals surface area (Å²) >= 11 is 0. The first kappa shape index (κ1) is 45.0. The van der Waals surface area contributed by atoms with Crippen molar-refractivity contribution in [2.24, 2.45) is 11.8 Å². The molecule has 3 atom stereocenters. The number of carbonyl (C=O) groups is 2. The minimum absolute atomic E-state index is 0.188. The molecule has 0 spiro atoms. The average Bonchev–Trinajstić information content (AvgIpc) is 3.00. The molecule has 0 radical (unpaired) electrons. The van der Waals surface area contributed by atoms with Gasteiger partial charge >= 0.3 is 19.8 Å². The lowest BCUT2D eigenvalue weighted by Gasteiger charge is -2.20. The molecule has 0 aliphatic rings. The van der Waals surface area contributed by atoms with Crippen LogP contribution in [0, 0.1) is 11.8 Å². The Morgan fingerprint density at radius 1 is 0.587 bits per heavy atom. The molecular formula is C35H69O10P. The molecule has 0 amide bonds. The molecule has 0 aromatic heterocycles. The van der Waals surface area contributed by atoms with E-state index in [1.165, 1.54) is 70.6 Å². The van der Waals surface area contributed by atoms with Crippen LogP contribution in [0.15, 0.2) is 0 Å². The SMILES string of the molecule is CC(C)CCCCCCCCCCCCCC(=O)O[C@H](COC(=O)CCCCCCCCC(C)C)COP(=O)(O)OC[C@@H](O)CO. The number of hydrogen-bond acceptors (Lipinski definition) is 9. The van der Waals surface area contributed by atoms with Gasteiger partial charge in [0.15, 0.2) is 6.10 Å². The summed E-state index contributed by atoms with van der Waals surface area (Å²) in [6.45, 7) is 6.91. The topological polar surface area (TPSA) is 149 Å². The van der Waals surface area contributed by atoms with E-state index in [1.54, 1.807) is 0 Å². The molecule has 0 bridgehead atoms. The highest BCUT2D eigenvalue weighted by atomic mass is 31.2. The van der Waals surface area contributed by atoms with Gasteiger partial charge < -0.3 is 24.6 Å². The molecule has 1 unspecified atom stereocenters. The summed E-state index contributed by atoms with van der Waals surface area (Å²) in [7, 11) is -4.60. The monoisotopic (exact) mass is 680 g/mol. The van der Waals surface area contributed by atoms with Gasteiger partial charge in [-0.05, 0) is 24.7 Å². The lowest BCUT2D eigenvalue weighted by Crippen LogP contribution is -2.29. The van der Waals surface area contributed by atoms with E-state index in [0.29, 0.717) is 12.8 Å². The van der Waals surface area contributed by atoms with E-state index in [-0.39, 0.29) is 19.4 Å². The van der Waals surface area contributed by atoms with E-state index >= 15 is 0 Å². The third-order valence-corrected chi connectivity index (χ3v) is 8.82. The molecule has 0 rings (SSSR count). The Morgan fingerprint density at radius 3 is 1.41 bits per heavy atom. The molecule has 0 aliphatic carbocycles. The maximum Gasteiger partial charge on any atom is 0.472 e. The van der Waals surface area contributed by atoms with Crippen molar-refractivity contribution in [1.82, 2.24) is 0 Å². The number of aliphatic hydroxyl groups excluding tert-OH is 2. The van der Waals surface area contributed by atoms with Crippen LogP contribution in [0.2, 0.25) is 0 Å². The average molecular weight is 681 g/mol. The molecular weight excluding hydrogens is 611 g/mol. The fraction of sp³-hybridized carbons (Fsp3) is 0.943. The summed E-state index contributed by atoms with van der Waals surface area (Å²) in [5, 5.41) is 18.2. The molecule has 0 fully saturated rings. The van der Waals surface area contributed by atoms with Gasteiger partial charge in [0.1, 0.15) is 12.7 Å². The number of aliphatic hydroxyl groups is 2. The number of ether oxygens (including phenoxy) is 2. The fourth-order valence-electron chi connectivity index (χ4n) is 5.01. The highest BCUT2D eigenvalue weighted by Gasteiger charge is 2.27. The number of phosphoric acid groups is 1. The number of phosphoric ester groups is 1. The van der Waals surface area contributed by atoms with Crippen LogP contribution in [0.5, 0.6) is 0 Å². The van der Waals surface area contributed by atoms with E-state index in [1.807, 2.05) is 0 Å². The van der Waals surface area contributed by atoms with Crippen LogP contribution in [-0.4, -0.2) is 65.7 Å². The highest BCUT2D eigenvalue weighted by Crippen LogP contribution is 2.43. The normalized spacial score (nSPS) is 14.4. The van der Waals surface area contributed by atoms with Gasteiger partial charge in [-0.15, -0.1) is 0 Å². The van der Waals surface area contributed by atoms with Crippen LogP contribution >= 0.6 is 7.82 Å². The first-order valence-electron chi connectivity index (χ1n) is 18.2. The molecule has 0 heterocycles. The molecule has 3 N–H and O–H groups in total. The van der Waals surface area contributed by atoms with E-state index in [4.69, 9.17) is 19.1 Å². The van der Waals surface area contributed by atoms with Gasteiger partial charge in [-0.25, -0.2) is 4.57 Å². The number of esters is 2. The van der Waals surface area contributed by atoms with Crippen molar-refractivity contribution in [3.05, 3.63) is 0 Å². The fourth-order valence-corrected chi connectivity index (χ4v) is 5.80. The van der Waals surface area contributed by atoms with Crippen molar-refractivity contribution < 1.29 is 47.8 Å². The predicted molar refractivity (Wildman–Crippen MR) is 182 cm³/mol. The number of unbranched alkanes of at least 4 members (excludes halogenated alkanes) is 15. The quantitative estimate of drug-likeness (QED) is 0.0350. The van der Waals surface area contributed by atoms with Crippen molar-refractivity contribution >= 4 is 19.8 Å². The van der Waals surface area contributed by atoms with Gasteiger partial charge in [0.25, 0.3) is 0 Å². The van der Waals surface area contributed by atoms with Crippen LogP contribution in [0.4, 0.5) is 0 Å². The second-order valence-corrected chi connectivity index (χ2v) is 15.0. The summed E-state index contributed by atoms with van der Waals surface area (Å²) in [6, 6.07) is 0. The van der Waals surface area contributed by atoms with Crippen molar-refractivity contribution in [2.45, 2.75) is 175 Å². The standard InChI is InChI=1S/C35H69O10P/c1-30(2)22-18-14-10-8-6-5-7-9-11-17-21-25-35(39)45-33(29-44-46(40,41)43-27-32(37)26-36)28-42-34(38)24-20-16-13-12-15-19-23-31(3)4/h30-33,36-37H,5-29H2,1-4H3,(H,40,41)/t32-,33+/m0/s1. The van der Waals surface area contributed by atoms with E-state index in [9.17, 15) is 24.2 Å². The van der Waals surface area contributed by atoms with Crippen LogP contribution in [-0.2, 0) is 32.7 Å². The zero-order valence-corrected chi connectivity index (χ0v) is 30.5. The van der Waals surface area contributed by atoms with Crippen LogP contribution in [0.25, 0.3) is 0 Å². The molecule has 0 aromatic rings. The Bertz CT molecular complexity index is 776. The second kappa shape index (κ2) is 30.1. The Balaban J connectivity index is 4.37. The summed E-state index contributed by atoms with van der Waals surface area (Å²) in [5.41, 5.74) is 0. The summed E-state index contributed by atoms with van der Waals surface area (Å²) in [5.74, 6) is 0.598. The first-order valence-corrected chi connectivity index (χ1v) is 19.7. The highest BCUT2D eigenvalue weighted by molar-refractivity contribution is 7.47. The predicted octanol–water partition coefficient (Wildman–Crippen LogP) is 8.43. The zero-order chi connectivity index (χ0) is 34.5. The molecule has 0 aromatic carbocycles. The number of hydrogen-bond donors (Lipinski definition) is 3. The third-order valence-electron chi connectivity index (χ3n) is 7.87. The Labute approximate surface area is 280 Å². The summed E-state index contributed by atoms with van der Waals surface area (Å²) < 4.78 is 32.5. The van der Waals surface area contributed by atoms with Gasteiger partial charge in [0.2, 0.25) is 0 Å². The van der Waals surface area contributed by atoms with Crippen molar-refractivity contribution in [3.8, 4) is 0 Å². The number of carbonyl (C=O) groups excluding carboxylic acids is 2. The van der Waals surface area contributed by atoms with Gasteiger partial charge in [0, 0.05) is 12.8 Å². The van der Waals surface area contributed by atoms with Gasteiger partial charge in [-0.1, -0.05) is 137 Å². The molecule has 0 aliphatic heterocycles. The molecule has 46 heavy (non-hydrogen) atoms. The van der Waals surface area contributed by atoms with Crippen LogP contribution in [0.3, 0.4) is 0 Å². The first-order chi connectivity index (χ1) is 21.9. The van der Waals surface area contributed by atoms with Gasteiger partial charge in [-0.2, -0.15) is 0 Å². The summed E-state index contributed by atoms with van der Waals surface area (Å²) in [6.07, 6.45) is 19.7. The van der Waals surface area contributed by atoms with E-state index < -0.39 is 51.8 Å². The van der Waals surface area contributed by atoms with Crippen molar-refractivity contribution in [2.75, 3.05) is 26.4 Å². The third kappa shape index (κ3) is 31.6. The second-order valence-electron chi connectivity index (χ2n) is 13.6. The molecule has 0 saturated carbocycles. The zero-order valence-electron chi connectivity index (χ0n) is 29.6. The molecule has 0 saturated heterocycles. The molecule has 11 heteroatoms. The minimum Gasteiger partial charge on any atom is -0.462 e. The lowest BCUT2D eigenvalue weighted by atomic mass is 10.0. The Morgan fingerprint density at radius 2 is 0.978 bits per heavy atom. The van der Waals surface area contributed by atoms with Crippen molar-refractivity contribution in [3.63, 3.8) is 0 Å². The minimum atomic E-state index is -4.60. The van der Waals surface area contributed by atoms with E-state index in [2.05, 4.69) is 32.2 Å². The maximum atomic E-state index is 12.5. The van der Waals surface area contributed by atoms with Crippen molar-refractivity contribution in [1.29, 1.82) is 0 Å². The maximum absolute atomic E-state index is 12.5.